The van der Waals surface area contributed by atoms with Gasteiger partial charge in [-0.25, -0.2) is 8.78 Å². The highest BCUT2D eigenvalue weighted by molar-refractivity contribution is 9.10. The van der Waals surface area contributed by atoms with Crippen LogP contribution in [0.4, 0.5) is 14.5 Å². The van der Waals surface area contributed by atoms with Crippen LogP contribution in [-0.2, 0) is 4.79 Å². The zero-order valence-corrected chi connectivity index (χ0v) is 11.8. The van der Waals surface area contributed by atoms with E-state index in [1.165, 1.54) is 7.11 Å². The molecule has 0 aromatic heterocycles. The van der Waals surface area contributed by atoms with E-state index in [2.05, 4.69) is 26.6 Å². The van der Waals surface area contributed by atoms with Crippen LogP contribution in [0.25, 0.3) is 0 Å². The molecule has 104 valence electrons. The normalized spacial score (nSPS) is 21.2. The first-order valence-electron chi connectivity index (χ1n) is 5.67. The molecule has 0 bridgehead atoms. The average Bonchev–Trinajstić information content (AvgIpc) is 2.72. The number of methoxy groups -OCH3 is 1. The van der Waals surface area contributed by atoms with Gasteiger partial charge in [-0.3, -0.25) is 10.1 Å². The van der Waals surface area contributed by atoms with E-state index < -0.39 is 30.8 Å². The molecule has 0 radical (unpaired) electrons. The summed E-state index contributed by atoms with van der Waals surface area (Å²) in [5.41, 5.74) is 0.502. The number of carbonyl (C=O) groups is 1. The van der Waals surface area contributed by atoms with Crippen LogP contribution < -0.4 is 15.4 Å². The Morgan fingerprint density at radius 2 is 2.32 bits per heavy atom. The lowest BCUT2D eigenvalue weighted by molar-refractivity contribution is -0.118. The van der Waals surface area contributed by atoms with E-state index in [1.54, 1.807) is 18.2 Å². The molecular formula is C12H13BrF2N2O2. The first-order valence-corrected chi connectivity index (χ1v) is 6.46. The summed E-state index contributed by atoms with van der Waals surface area (Å²) >= 11 is 3.29. The number of anilines is 1. The minimum atomic E-state index is -2.82. The lowest BCUT2D eigenvalue weighted by Gasteiger charge is -2.12. The Hall–Kier alpha value is -1.21. The zero-order chi connectivity index (χ0) is 14.0. The van der Waals surface area contributed by atoms with Crippen LogP contribution in [-0.4, -0.2) is 31.5 Å². The maximum absolute atomic E-state index is 13.0. The fourth-order valence-corrected chi connectivity index (χ4v) is 2.28. The molecule has 7 heteroatoms. The minimum absolute atomic E-state index is 0.464. The van der Waals surface area contributed by atoms with Crippen LogP contribution >= 0.6 is 15.9 Å². The predicted molar refractivity (Wildman–Crippen MR) is 70.7 cm³/mol. The van der Waals surface area contributed by atoms with Crippen molar-refractivity contribution in [3.05, 3.63) is 22.7 Å². The quantitative estimate of drug-likeness (QED) is 0.892. The predicted octanol–water partition coefficient (Wildman–Crippen LogP) is 2.39. The topological polar surface area (TPSA) is 50.4 Å². The van der Waals surface area contributed by atoms with E-state index >= 15 is 0 Å². The van der Waals surface area contributed by atoms with Crippen molar-refractivity contribution in [1.29, 1.82) is 0 Å². The van der Waals surface area contributed by atoms with Gasteiger partial charge in [0.2, 0.25) is 5.91 Å². The smallest absolute Gasteiger partial charge is 0.262 e. The molecule has 1 fully saturated rings. The lowest BCUT2D eigenvalue weighted by atomic mass is 10.2. The highest BCUT2D eigenvalue weighted by atomic mass is 79.9. The highest BCUT2D eigenvalue weighted by Gasteiger charge is 2.42. The second kappa shape index (κ2) is 5.42. The molecule has 0 spiro atoms. The van der Waals surface area contributed by atoms with Crippen LogP contribution in [0, 0.1) is 0 Å². The fraction of sp³-hybridized carbons (Fsp3) is 0.417. The number of amides is 1. The van der Waals surface area contributed by atoms with Crippen molar-refractivity contribution in [3.8, 4) is 5.75 Å². The number of halogens is 3. The van der Waals surface area contributed by atoms with Gasteiger partial charge in [-0.05, 0) is 28.1 Å². The van der Waals surface area contributed by atoms with E-state index in [0.717, 1.165) is 4.47 Å². The summed E-state index contributed by atoms with van der Waals surface area (Å²) in [6, 6.07) is 4.13. The van der Waals surface area contributed by atoms with Gasteiger partial charge in [0.1, 0.15) is 5.75 Å². The molecule has 1 atom stereocenters. The molecule has 1 aromatic carbocycles. The molecule has 1 saturated heterocycles. The van der Waals surface area contributed by atoms with Gasteiger partial charge >= 0.3 is 0 Å². The molecule has 2 N–H and O–H groups in total. The van der Waals surface area contributed by atoms with Crippen molar-refractivity contribution in [1.82, 2.24) is 5.32 Å². The standard InChI is InChI=1S/C12H13BrF2N2O2/c1-19-10-4-7(2-3-8(10)13)17-11(18)9-5-12(14,15)6-16-9/h2-4,9,16H,5-6H2,1H3,(H,17,18). The molecule has 2 rings (SSSR count). The van der Waals surface area contributed by atoms with Crippen LogP contribution in [0.15, 0.2) is 22.7 Å². The Balaban J connectivity index is 2.03. The summed E-state index contributed by atoms with van der Waals surface area (Å²) < 4.78 is 31.8. The first-order chi connectivity index (χ1) is 8.91. The molecule has 0 aliphatic carbocycles. The Labute approximate surface area is 117 Å². The average molecular weight is 335 g/mol. The van der Waals surface area contributed by atoms with Gasteiger partial charge in [0.25, 0.3) is 5.92 Å². The SMILES string of the molecule is COc1cc(NC(=O)C2CC(F)(F)CN2)ccc1Br. The number of ether oxygens (including phenoxy) is 1. The maximum atomic E-state index is 13.0. The number of hydrogen-bond donors (Lipinski definition) is 2. The largest absolute Gasteiger partial charge is 0.495 e. The summed E-state index contributed by atoms with van der Waals surface area (Å²) in [4.78, 5) is 11.8. The molecule has 4 nitrogen and oxygen atoms in total. The molecule has 1 aliphatic heterocycles. The van der Waals surface area contributed by atoms with Gasteiger partial charge in [0, 0.05) is 18.2 Å². The Morgan fingerprint density at radius 3 is 2.89 bits per heavy atom. The third kappa shape index (κ3) is 3.42. The molecule has 1 heterocycles. The number of rotatable bonds is 3. The van der Waals surface area contributed by atoms with Crippen molar-refractivity contribution >= 4 is 27.5 Å². The summed E-state index contributed by atoms with van der Waals surface area (Å²) in [5.74, 6) is -2.73. The van der Waals surface area contributed by atoms with Gasteiger partial charge < -0.3 is 10.1 Å². The monoisotopic (exact) mass is 334 g/mol. The summed E-state index contributed by atoms with van der Waals surface area (Å²) in [5, 5.41) is 5.09. The number of alkyl halides is 2. The maximum Gasteiger partial charge on any atom is 0.262 e. The second-order valence-corrected chi connectivity index (χ2v) is 5.19. The number of carbonyl (C=O) groups excluding carboxylic acids is 1. The molecule has 1 amide bonds. The van der Waals surface area contributed by atoms with Crippen LogP contribution in [0.5, 0.6) is 5.75 Å². The minimum Gasteiger partial charge on any atom is -0.495 e. The van der Waals surface area contributed by atoms with Gasteiger partial charge in [-0.15, -0.1) is 0 Å². The van der Waals surface area contributed by atoms with Crippen LogP contribution in [0.1, 0.15) is 6.42 Å². The van der Waals surface area contributed by atoms with Crippen molar-refractivity contribution < 1.29 is 18.3 Å². The van der Waals surface area contributed by atoms with Crippen molar-refractivity contribution in [2.45, 2.75) is 18.4 Å². The lowest BCUT2D eigenvalue weighted by Crippen LogP contribution is -2.35. The zero-order valence-electron chi connectivity index (χ0n) is 10.2. The van der Waals surface area contributed by atoms with Gasteiger partial charge in [0.15, 0.2) is 0 Å². The summed E-state index contributed by atoms with van der Waals surface area (Å²) in [7, 11) is 1.50. The molecule has 1 aromatic rings. The van der Waals surface area contributed by atoms with Gasteiger partial charge in [0.05, 0.1) is 24.2 Å². The third-order valence-electron chi connectivity index (χ3n) is 2.85. The molecular weight excluding hydrogens is 322 g/mol. The number of nitrogens with one attached hydrogen (secondary N) is 2. The van der Waals surface area contributed by atoms with Gasteiger partial charge in [-0.1, -0.05) is 0 Å². The van der Waals surface area contributed by atoms with E-state index in [4.69, 9.17) is 4.74 Å². The Bertz CT molecular complexity index is 497. The van der Waals surface area contributed by atoms with Crippen molar-refractivity contribution in [2.24, 2.45) is 0 Å². The fourth-order valence-electron chi connectivity index (χ4n) is 1.87. The Kier molecular flexibility index (Phi) is 4.05. The van der Waals surface area contributed by atoms with E-state index in [-0.39, 0.29) is 0 Å². The van der Waals surface area contributed by atoms with Crippen molar-refractivity contribution in [2.75, 3.05) is 19.0 Å². The molecule has 19 heavy (non-hydrogen) atoms. The third-order valence-corrected chi connectivity index (χ3v) is 3.50. The Morgan fingerprint density at radius 1 is 1.58 bits per heavy atom. The highest BCUT2D eigenvalue weighted by Crippen LogP contribution is 2.29. The van der Waals surface area contributed by atoms with E-state index in [0.29, 0.717) is 11.4 Å². The van der Waals surface area contributed by atoms with E-state index in [9.17, 15) is 13.6 Å². The van der Waals surface area contributed by atoms with Crippen LogP contribution in [0.3, 0.4) is 0 Å². The molecule has 0 saturated carbocycles. The first kappa shape index (κ1) is 14.2. The summed E-state index contributed by atoms with van der Waals surface area (Å²) in [6.45, 7) is -0.464. The number of benzene rings is 1. The number of hydrogen-bond acceptors (Lipinski definition) is 3. The summed E-state index contributed by atoms with van der Waals surface area (Å²) in [6.07, 6.45) is -0.480. The second-order valence-electron chi connectivity index (χ2n) is 4.33. The van der Waals surface area contributed by atoms with E-state index in [1.807, 2.05) is 0 Å². The van der Waals surface area contributed by atoms with Crippen LogP contribution in [0.2, 0.25) is 0 Å². The molecule has 1 aliphatic rings. The molecule has 1 unspecified atom stereocenters. The van der Waals surface area contributed by atoms with Crippen molar-refractivity contribution in [3.63, 3.8) is 0 Å². The van der Waals surface area contributed by atoms with Gasteiger partial charge in [-0.2, -0.15) is 0 Å².